The minimum absolute atomic E-state index is 0. The fourth-order valence-electron chi connectivity index (χ4n) is 5.00. The molecule has 46 heavy (non-hydrogen) atoms. The Kier molecular flexibility index (Phi) is 10.9. The van der Waals surface area contributed by atoms with E-state index < -0.39 is 0 Å². The third-order valence-electron chi connectivity index (χ3n) is 6.97. The standard InChI is InChI=1S/2C17H10NS.C5H8O2.Ir/c2*1-3-7-14-12(5-1)9-10-18-17(14)16-11-13-6-2-4-8-15(13)19-16;1-4(6)3-5(2)7;/h2*1-10H;3H2,1-2H3;/q2*-1;;+3. The number of rotatable bonds is 4. The molecule has 0 bridgehead atoms. The zero-order chi connectivity index (χ0) is 31.2. The number of aromatic nitrogens is 2. The van der Waals surface area contributed by atoms with Crippen molar-refractivity contribution in [2.24, 2.45) is 0 Å². The van der Waals surface area contributed by atoms with Crippen LogP contribution in [0, 0.1) is 12.1 Å². The van der Waals surface area contributed by atoms with E-state index in [1.165, 1.54) is 44.8 Å². The van der Waals surface area contributed by atoms with Crippen molar-refractivity contribution in [3.8, 4) is 21.1 Å². The first-order valence-corrected chi connectivity index (χ1v) is 16.1. The van der Waals surface area contributed by atoms with Crippen LogP contribution in [0.5, 0.6) is 0 Å². The summed E-state index contributed by atoms with van der Waals surface area (Å²) in [4.78, 5) is 31.4. The second-order valence-electron chi connectivity index (χ2n) is 10.4. The Morgan fingerprint density at radius 2 is 0.957 bits per heavy atom. The molecule has 4 aromatic carbocycles. The molecule has 0 saturated heterocycles. The monoisotopic (exact) mass is 813 g/mol. The fourth-order valence-corrected chi connectivity index (χ4v) is 7.03. The van der Waals surface area contributed by atoms with Crippen LogP contribution in [0.4, 0.5) is 0 Å². The predicted octanol–water partition coefficient (Wildman–Crippen LogP) is 10.4. The van der Waals surface area contributed by atoms with Gasteiger partial charge in [-0.1, -0.05) is 72.8 Å². The molecule has 0 N–H and O–H groups in total. The molecule has 0 spiro atoms. The maximum atomic E-state index is 10.0. The zero-order valence-electron chi connectivity index (χ0n) is 25.1. The van der Waals surface area contributed by atoms with Gasteiger partial charge in [0.15, 0.2) is 0 Å². The Labute approximate surface area is 289 Å². The maximum absolute atomic E-state index is 10.0. The summed E-state index contributed by atoms with van der Waals surface area (Å²) in [7, 11) is 0. The number of hydrogen-bond acceptors (Lipinski definition) is 6. The molecular weight excluding hydrogens is 785 g/mol. The molecule has 0 atom stereocenters. The first kappa shape index (κ1) is 33.0. The average Bonchev–Trinajstić information content (AvgIpc) is 3.69. The average molecular weight is 813 g/mol. The van der Waals surface area contributed by atoms with Crippen molar-refractivity contribution in [1.82, 2.24) is 9.97 Å². The molecule has 0 unspecified atom stereocenters. The first-order chi connectivity index (χ1) is 22.0. The number of carbonyl (C=O) groups is 2. The van der Waals surface area contributed by atoms with Gasteiger partial charge in [-0.15, -0.1) is 47.2 Å². The van der Waals surface area contributed by atoms with Crippen molar-refractivity contribution in [2.45, 2.75) is 20.3 Å². The molecule has 0 fully saturated rings. The number of fused-ring (bicyclic) bond motifs is 4. The van der Waals surface area contributed by atoms with Crippen LogP contribution in [0.25, 0.3) is 62.9 Å². The molecule has 7 heteroatoms. The number of hydrogen-bond donors (Lipinski definition) is 0. The van der Waals surface area contributed by atoms with Gasteiger partial charge in [0.1, 0.15) is 11.6 Å². The molecule has 4 heterocycles. The van der Waals surface area contributed by atoms with Gasteiger partial charge in [0.2, 0.25) is 0 Å². The van der Waals surface area contributed by atoms with E-state index in [0.29, 0.717) is 0 Å². The van der Waals surface area contributed by atoms with Crippen LogP contribution in [0.2, 0.25) is 0 Å². The third kappa shape index (κ3) is 7.69. The number of ketones is 2. The summed E-state index contributed by atoms with van der Waals surface area (Å²) in [5, 5.41) is 7.15. The van der Waals surface area contributed by atoms with Crippen LogP contribution < -0.4 is 0 Å². The van der Waals surface area contributed by atoms with Crippen molar-refractivity contribution in [3.05, 3.63) is 134 Å². The summed E-state index contributed by atoms with van der Waals surface area (Å²) in [6, 6.07) is 44.4. The molecule has 0 aliphatic carbocycles. The van der Waals surface area contributed by atoms with Crippen LogP contribution in [0.3, 0.4) is 0 Å². The van der Waals surface area contributed by atoms with Gasteiger partial charge in [0.05, 0.1) is 6.42 Å². The van der Waals surface area contributed by atoms with Crippen molar-refractivity contribution in [1.29, 1.82) is 0 Å². The van der Waals surface area contributed by atoms with Gasteiger partial charge >= 0.3 is 20.1 Å². The van der Waals surface area contributed by atoms with E-state index in [1.807, 2.05) is 36.7 Å². The van der Waals surface area contributed by atoms with E-state index in [0.717, 1.165) is 31.9 Å². The number of pyridine rings is 2. The fraction of sp³-hybridized carbons (Fsp3) is 0.0769. The summed E-state index contributed by atoms with van der Waals surface area (Å²) < 4.78 is 2.51. The Morgan fingerprint density at radius 3 is 1.35 bits per heavy atom. The van der Waals surface area contributed by atoms with E-state index in [-0.39, 0.29) is 38.1 Å². The second-order valence-corrected chi connectivity index (χ2v) is 12.6. The van der Waals surface area contributed by atoms with Gasteiger partial charge in [0, 0.05) is 23.8 Å². The number of nitrogens with zero attached hydrogens (tertiary/aromatic N) is 2. The molecule has 0 amide bonds. The molecule has 4 nitrogen and oxygen atoms in total. The quantitative estimate of drug-likeness (QED) is 0.131. The summed E-state index contributed by atoms with van der Waals surface area (Å²) in [6.07, 6.45) is 3.83. The van der Waals surface area contributed by atoms with Crippen molar-refractivity contribution in [3.63, 3.8) is 0 Å². The summed E-state index contributed by atoms with van der Waals surface area (Å²) in [5.41, 5.74) is 2.05. The van der Waals surface area contributed by atoms with Crippen molar-refractivity contribution in [2.75, 3.05) is 0 Å². The van der Waals surface area contributed by atoms with E-state index >= 15 is 0 Å². The molecule has 8 aromatic rings. The Morgan fingerprint density at radius 1 is 0.565 bits per heavy atom. The molecule has 226 valence electrons. The first-order valence-electron chi connectivity index (χ1n) is 14.4. The van der Waals surface area contributed by atoms with Crippen molar-refractivity contribution >= 4 is 76.0 Å². The van der Waals surface area contributed by atoms with Crippen LogP contribution in [0.15, 0.2) is 122 Å². The molecule has 0 radical (unpaired) electrons. The smallest absolute Gasteiger partial charge is 0.302 e. The number of Topliss-reactive ketones (excluding diaryl/α,β-unsaturated/α-hetero) is 2. The second kappa shape index (κ2) is 15.3. The van der Waals surface area contributed by atoms with Gasteiger partial charge in [-0.2, -0.15) is 0 Å². The number of carbonyl (C=O) groups excluding carboxylic acids is 2. The topological polar surface area (TPSA) is 59.9 Å². The molecule has 0 saturated carbocycles. The summed E-state index contributed by atoms with van der Waals surface area (Å²) >= 11 is 3.49. The van der Waals surface area contributed by atoms with Gasteiger partial charge in [-0.3, -0.25) is 9.59 Å². The molecule has 0 aliphatic heterocycles. The minimum atomic E-state index is -0.0625. The largest absolute Gasteiger partial charge is 3.00 e. The third-order valence-corrected chi connectivity index (χ3v) is 9.12. The SMILES string of the molecule is CC(=O)CC(C)=O.[Ir+3].[c-]1c(-c2nccc3ccccc23)sc2ccccc12.[c-]1c(-c2nccc3ccccc23)sc2ccccc12. The van der Waals surface area contributed by atoms with E-state index in [9.17, 15) is 9.59 Å². The maximum Gasteiger partial charge on any atom is 3.00 e. The van der Waals surface area contributed by atoms with Crippen LogP contribution in [0.1, 0.15) is 20.3 Å². The molecule has 4 aromatic heterocycles. The van der Waals surface area contributed by atoms with Gasteiger partial charge in [0.25, 0.3) is 0 Å². The van der Waals surface area contributed by atoms with E-state index in [4.69, 9.17) is 0 Å². The number of benzene rings is 4. The summed E-state index contributed by atoms with van der Waals surface area (Å²) in [6.45, 7) is 2.81. The molecular formula is C39H28IrN2O2S2+. The Bertz CT molecular complexity index is 2050. The zero-order valence-corrected chi connectivity index (χ0v) is 29.1. The van der Waals surface area contributed by atoms with Gasteiger partial charge in [-0.05, 0) is 66.7 Å². The van der Waals surface area contributed by atoms with Crippen LogP contribution in [-0.2, 0) is 29.7 Å². The Balaban J connectivity index is 0.000000149. The van der Waals surface area contributed by atoms with Gasteiger partial charge in [-0.25, -0.2) is 22.7 Å². The number of thiophene rings is 2. The van der Waals surface area contributed by atoms with E-state index in [2.05, 4.69) is 107 Å². The summed E-state index contributed by atoms with van der Waals surface area (Å²) in [5.74, 6) is -0.125. The van der Waals surface area contributed by atoms with E-state index in [1.54, 1.807) is 22.7 Å². The van der Waals surface area contributed by atoms with Gasteiger partial charge < -0.3 is 9.97 Å². The normalized spacial score (nSPS) is 10.5. The van der Waals surface area contributed by atoms with Crippen LogP contribution in [-0.4, -0.2) is 21.5 Å². The predicted molar refractivity (Wildman–Crippen MR) is 189 cm³/mol. The minimum Gasteiger partial charge on any atom is -0.302 e. The van der Waals surface area contributed by atoms with Crippen LogP contribution >= 0.6 is 22.7 Å². The molecule has 0 aliphatic rings. The van der Waals surface area contributed by atoms with Crippen molar-refractivity contribution < 1.29 is 29.7 Å². The Hall–Kier alpha value is -4.39. The molecule has 8 rings (SSSR count).